The lowest BCUT2D eigenvalue weighted by Gasteiger charge is -2.43. The molecule has 2 heterocycles. The van der Waals surface area contributed by atoms with Gasteiger partial charge in [0.15, 0.2) is 11.2 Å². The number of benzene rings is 6. The number of halogens is 2. The van der Waals surface area contributed by atoms with Crippen molar-refractivity contribution < 1.29 is 45.7 Å². The van der Waals surface area contributed by atoms with Crippen molar-refractivity contribution in [2.75, 3.05) is 0 Å². The molecule has 0 aliphatic carbocycles. The van der Waals surface area contributed by atoms with Crippen molar-refractivity contribution in [3.63, 3.8) is 0 Å². The van der Waals surface area contributed by atoms with Crippen LogP contribution in [0.5, 0.6) is 0 Å². The lowest BCUT2D eigenvalue weighted by atomic mass is 9.86. The summed E-state index contributed by atoms with van der Waals surface area (Å²) in [5.74, 6) is -1.05. The first-order valence-electron chi connectivity index (χ1n) is 23.9. The van der Waals surface area contributed by atoms with E-state index >= 15 is 0 Å². The maximum atomic E-state index is 13.7. The fourth-order valence-corrected chi connectivity index (χ4v) is 20.0. The molecule has 16 nitrogen and oxygen atoms in total. The Bertz CT molecular complexity index is 3250. The highest BCUT2D eigenvalue weighted by Crippen LogP contribution is 2.49. The van der Waals surface area contributed by atoms with E-state index in [0.29, 0.717) is 32.9 Å². The van der Waals surface area contributed by atoms with E-state index in [1.54, 1.807) is 36.4 Å². The fraction of sp³-hybridized carbons (Fsp3) is 0.222. The second-order valence-electron chi connectivity index (χ2n) is 19.1. The van der Waals surface area contributed by atoms with Crippen molar-refractivity contribution in [2.24, 2.45) is 0 Å². The number of carbonyl (C=O) groups excluding carboxylic acids is 2. The third-order valence-corrected chi connectivity index (χ3v) is 25.7. The van der Waals surface area contributed by atoms with Gasteiger partial charge >= 0.3 is 11.9 Å². The molecule has 22 heteroatoms. The van der Waals surface area contributed by atoms with E-state index in [9.17, 15) is 46.7 Å². The molecule has 396 valence electrons. The minimum absolute atomic E-state index is 0.138. The van der Waals surface area contributed by atoms with Crippen LogP contribution in [0, 0.1) is 20.2 Å². The molecule has 0 saturated heterocycles. The molecule has 2 N–H and O–H groups in total. The molecule has 0 spiro atoms. The molecule has 0 unspecified atom stereocenters. The molecule has 0 radical (unpaired) electrons. The highest BCUT2D eigenvalue weighted by molar-refractivity contribution is 9.10. The smallest absolute Gasteiger partial charge is 0.331 e. The number of rotatable bonds is 18. The van der Waals surface area contributed by atoms with E-state index in [4.69, 9.17) is 9.47 Å². The van der Waals surface area contributed by atoms with Gasteiger partial charge in [-0.15, -0.1) is 0 Å². The second-order valence-corrected chi connectivity index (χ2v) is 32.9. The Labute approximate surface area is 460 Å². The van der Waals surface area contributed by atoms with Gasteiger partial charge in [-0.25, -0.2) is 26.4 Å². The van der Waals surface area contributed by atoms with E-state index in [1.165, 1.54) is 36.4 Å². The van der Waals surface area contributed by atoms with Crippen molar-refractivity contribution in [3.8, 4) is 0 Å². The molecule has 6 aromatic rings. The standard InChI is InChI=1S/2C27H27BrN2O6SSi/c2*1-4-27(24(18-25(31)36-27)38(2,3)21-10-6-5-7-11-21)26(22-12-8-9-13-23(22)28)29-37(34,35)20-16-14-19(15-17-20)30(32)33/h2*5-18,26,29H,4H2,1-3H3/t2*26-,27-/m10/s1. The molecule has 0 fully saturated rings. The summed E-state index contributed by atoms with van der Waals surface area (Å²) in [6, 6.07) is 41.4. The minimum atomic E-state index is -4.20. The molecule has 6 aromatic carbocycles. The number of esters is 2. The number of non-ortho nitro benzene ring substituents is 2. The van der Waals surface area contributed by atoms with Crippen LogP contribution in [0.2, 0.25) is 26.2 Å². The number of nitrogens with one attached hydrogen (secondary N) is 2. The number of ether oxygens (including phenoxy) is 2. The molecule has 2 aliphatic heterocycles. The molecule has 0 saturated carbocycles. The zero-order valence-electron chi connectivity index (χ0n) is 42.1. The van der Waals surface area contributed by atoms with E-state index in [2.05, 4.69) is 67.5 Å². The van der Waals surface area contributed by atoms with Gasteiger partial charge in [-0.05, 0) is 70.8 Å². The first-order chi connectivity index (χ1) is 35.8. The predicted molar refractivity (Wildman–Crippen MR) is 302 cm³/mol. The summed E-state index contributed by atoms with van der Waals surface area (Å²) in [5, 5.41) is 25.9. The van der Waals surface area contributed by atoms with Crippen LogP contribution in [-0.4, -0.2) is 66.0 Å². The highest BCUT2D eigenvalue weighted by Gasteiger charge is 2.57. The molecule has 2 aliphatic rings. The molecule has 0 aromatic heterocycles. The number of carbonyl (C=O) groups is 2. The van der Waals surface area contributed by atoms with Gasteiger partial charge in [-0.1, -0.05) is 179 Å². The summed E-state index contributed by atoms with van der Waals surface area (Å²) in [5.41, 5.74) is -1.86. The number of sulfonamides is 2. The minimum Gasteiger partial charge on any atom is -0.450 e. The van der Waals surface area contributed by atoms with Gasteiger partial charge in [-0.2, -0.15) is 9.44 Å². The summed E-state index contributed by atoms with van der Waals surface area (Å²) in [4.78, 5) is 46.6. The van der Waals surface area contributed by atoms with Crippen LogP contribution in [0.4, 0.5) is 11.4 Å². The maximum absolute atomic E-state index is 13.7. The number of hydrogen-bond acceptors (Lipinski definition) is 12. The monoisotopic (exact) mass is 1230 g/mol. The Kier molecular flexibility index (Phi) is 17.2. The summed E-state index contributed by atoms with van der Waals surface area (Å²) in [6.07, 6.45) is 3.66. The molecule has 76 heavy (non-hydrogen) atoms. The Balaban J connectivity index is 0.000000221. The van der Waals surface area contributed by atoms with Crippen molar-refractivity contribution in [2.45, 2.75) is 86.0 Å². The molecular weight excluding hydrogens is 1180 g/mol. The van der Waals surface area contributed by atoms with Crippen molar-refractivity contribution >= 4 is 102 Å². The number of nitro benzene ring substituents is 2. The quantitative estimate of drug-likeness (QED) is 0.0354. The van der Waals surface area contributed by atoms with E-state index in [-0.39, 0.29) is 21.2 Å². The van der Waals surface area contributed by atoms with Crippen LogP contribution < -0.4 is 19.8 Å². The van der Waals surface area contributed by atoms with Crippen LogP contribution in [0.15, 0.2) is 199 Å². The van der Waals surface area contributed by atoms with Crippen molar-refractivity contribution in [1.29, 1.82) is 0 Å². The molecule has 8 rings (SSSR count). The molecular formula is C54H54Br2N4O12S2Si2. The number of nitrogens with zero attached hydrogens (tertiary/aromatic N) is 2. The lowest BCUT2D eigenvalue weighted by molar-refractivity contribution is -0.385. The van der Waals surface area contributed by atoms with E-state index in [1.807, 2.05) is 86.6 Å². The van der Waals surface area contributed by atoms with E-state index < -0.39 is 81.3 Å². The van der Waals surface area contributed by atoms with Gasteiger partial charge in [0.1, 0.15) is 16.1 Å². The summed E-state index contributed by atoms with van der Waals surface area (Å²) < 4.78 is 73.8. The van der Waals surface area contributed by atoms with Gasteiger partial charge in [0.05, 0.1) is 31.7 Å². The number of hydrogen-bond donors (Lipinski definition) is 2. The first-order valence-corrected chi connectivity index (χ1v) is 34.4. The van der Waals surface area contributed by atoms with Crippen LogP contribution in [0.25, 0.3) is 0 Å². The zero-order valence-corrected chi connectivity index (χ0v) is 48.9. The topological polar surface area (TPSA) is 231 Å². The van der Waals surface area contributed by atoms with E-state index in [0.717, 1.165) is 45.0 Å². The number of cyclic esters (lactones) is 2. The first kappa shape index (κ1) is 57.5. The maximum Gasteiger partial charge on any atom is 0.331 e. The van der Waals surface area contributed by atoms with Gasteiger partial charge in [-0.3, -0.25) is 20.2 Å². The normalized spacial score (nSPS) is 18.5. The molecule has 4 atom stereocenters. The van der Waals surface area contributed by atoms with Crippen molar-refractivity contribution in [3.05, 3.63) is 221 Å². The summed E-state index contributed by atoms with van der Waals surface area (Å²) in [6.45, 7) is 12.2. The number of nitro groups is 2. The Morgan fingerprint density at radius 2 is 0.816 bits per heavy atom. The van der Waals surface area contributed by atoms with Gasteiger partial charge in [0.2, 0.25) is 20.0 Å². The highest BCUT2D eigenvalue weighted by atomic mass is 79.9. The Morgan fingerprint density at radius 3 is 1.11 bits per heavy atom. The Morgan fingerprint density at radius 1 is 0.513 bits per heavy atom. The largest absolute Gasteiger partial charge is 0.450 e. The Hall–Kier alpha value is -6.25. The third-order valence-electron chi connectivity index (χ3n) is 14.0. The van der Waals surface area contributed by atoms with Crippen LogP contribution in [-0.2, 0) is 39.1 Å². The average Bonchev–Trinajstić information content (AvgIpc) is 3.97. The summed E-state index contributed by atoms with van der Waals surface area (Å²) in [7, 11) is -13.5. The van der Waals surface area contributed by atoms with Crippen LogP contribution in [0.3, 0.4) is 0 Å². The second kappa shape index (κ2) is 22.8. The molecule has 0 amide bonds. The summed E-state index contributed by atoms with van der Waals surface area (Å²) >= 11 is 7.12. The SMILES string of the molecule is CC[C@@]1([C@H](NS(=O)(=O)c2ccc([N+](=O)[O-])cc2)c2ccccc2Br)OC(=O)C=C1[Si](C)(C)c1ccccc1.CC[C@]1([C@@H](NS(=O)(=O)c2ccc([N+](=O)[O-])cc2)c2ccccc2Br)OC(=O)C=C1[Si](C)(C)c1ccccc1. The predicted octanol–water partition coefficient (Wildman–Crippen LogP) is 10.3. The van der Waals surface area contributed by atoms with Crippen molar-refractivity contribution in [1.82, 2.24) is 9.44 Å². The van der Waals surface area contributed by atoms with Crippen LogP contribution >= 0.6 is 31.9 Å². The lowest BCUT2D eigenvalue weighted by Crippen LogP contribution is -2.56. The zero-order chi connectivity index (χ0) is 55.4. The third kappa shape index (κ3) is 11.5. The fourth-order valence-electron chi connectivity index (χ4n) is 9.99. The van der Waals surface area contributed by atoms with Gasteiger partial charge < -0.3 is 9.47 Å². The van der Waals surface area contributed by atoms with Gasteiger partial charge in [0.25, 0.3) is 11.4 Å². The van der Waals surface area contributed by atoms with Crippen LogP contribution in [0.1, 0.15) is 49.9 Å². The molecule has 0 bridgehead atoms. The van der Waals surface area contributed by atoms with Gasteiger partial charge in [0, 0.05) is 45.4 Å². The average molecular weight is 1230 g/mol.